The van der Waals surface area contributed by atoms with Crippen molar-refractivity contribution in [3.05, 3.63) is 32.0 Å². The number of hydrogen-bond donors (Lipinski definition) is 1. The third kappa shape index (κ3) is 1.37. The predicted octanol–water partition coefficient (Wildman–Crippen LogP) is 2.08. The van der Waals surface area contributed by atoms with Crippen LogP contribution in [-0.4, -0.2) is 15.1 Å². The number of nitro benzene ring substituents is 1. The molecule has 0 unspecified atom stereocenters. The lowest BCUT2D eigenvalue weighted by Gasteiger charge is -1.94. The molecule has 0 radical (unpaired) electrons. The van der Waals surface area contributed by atoms with Gasteiger partial charge in [-0.2, -0.15) is 5.10 Å². The van der Waals surface area contributed by atoms with E-state index in [0.717, 1.165) is 3.57 Å². The standard InChI is InChI=1S/C7H4IN3O2/c8-4-1-6-5(3-9-10-6)7(2-4)11(12)13/h1-3H,(H,9,10). The Morgan fingerprint density at radius 2 is 2.31 bits per heavy atom. The molecule has 13 heavy (non-hydrogen) atoms. The third-order valence-corrected chi connectivity index (χ3v) is 2.32. The average molecular weight is 289 g/mol. The number of aromatic nitrogens is 2. The van der Waals surface area contributed by atoms with Crippen LogP contribution in [0.4, 0.5) is 5.69 Å². The molecule has 0 bridgehead atoms. The molecule has 0 aliphatic heterocycles. The minimum Gasteiger partial charge on any atom is -0.278 e. The molecule has 0 aliphatic rings. The number of non-ortho nitro benzene ring substituents is 1. The van der Waals surface area contributed by atoms with Crippen LogP contribution in [0.1, 0.15) is 0 Å². The first-order chi connectivity index (χ1) is 6.18. The van der Waals surface area contributed by atoms with E-state index in [4.69, 9.17) is 0 Å². The largest absolute Gasteiger partial charge is 0.281 e. The van der Waals surface area contributed by atoms with E-state index < -0.39 is 4.92 Å². The maximum atomic E-state index is 10.6. The summed E-state index contributed by atoms with van der Waals surface area (Å²) in [5, 5.41) is 17.6. The molecular weight excluding hydrogens is 285 g/mol. The lowest BCUT2D eigenvalue weighted by atomic mass is 10.2. The number of halogens is 1. The summed E-state index contributed by atoms with van der Waals surface area (Å²) in [7, 11) is 0. The van der Waals surface area contributed by atoms with Crippen LogP contribution >= 0.6 is 22.6 Å². The molecular formula is C7H4IN3O2. The highest BCUT2D eigenvalue weighted by Crippen LogP contribution is 2.26. The first-order valence-corrected chi connectivity index (χ1v) is 4.53. The van der Waals surface area contributed by atoms with Crippen molar-refractivity contribution in [2.24, 2.45) is 0 Å². The van der Waals surface area contributed by atoms with Gasteiger partial charge in [0, 0.05) is 9.64 Å². The summed E-state index contributed by atoms with van der Waals surface area (Å²) in [4.78, 5) is 10.2. The molecule has 0 atom stereocenters. The molecule has 0 saturated heterocycles. The number of hydrogen-bond acceptors (Lipinski definition) is 3. The number of nitrogens with one attached hydrogen (secondary N) is 1. The monoisotopic (exact) mass is 289 g/mol. The first-order valence-electron chi connectivity index (χ1n) is 3.45. The van der Waals surface area contributed by atoms with Crippen molar-refractivity contribution in [3.8, 4) is 0 Å². The van der Waals surface area contributed by atoms with Crippen LogP contribution < -0.4 is 0 Å². The van der Waals surface area contributed by atoms with Gasteiger partial charge in [-0.25, -0.2) is 0 Å². The molecule has 1 N–H and O–H groups in total. The molecule has 1 aromatic carbocycles. The molecule has 2 rings (SSSR count). The fourth-order valence-electron chi connectivity index (χ4n) is 1.15. The van der Waals surface area contributed by atoms with E-state index in [0.29, 0.717) is 10.9 Å². The Morgan fingerprint density at radius 1 is 1.54 bits per heavy atom. The molecule has 2 aromatic rings. The van der Waals surface area contributed by atoms with Gasteiger partial charge >= 0.3 is 0 Å². The fraction of sp³-hybridized carbons (Fsp3) is 0. The van der Waals surface area contributed by atoms with Gasteiger partial charge in [0.1, 0.15) is 0 Å². The summed E-state index contributed by atoms with van der Waals surface area (Å²) in [5.41, 5.74) is 0.786. The van der Waals surface area contributed by atoms with Crippen molar-refractivity contribution in [3.63, 3.8) is 0 Å². The van der Waals surface area contributed by atoms with Crippen molar-refractivity contribution < 1.29 is 4.92 Å². The van der Waals surface area contributed by atoms with Crippen LogP contribution in [-0.2, 0) is 0 Å². The molecule has 1 heterocycles. The number of rotatable bonds is 1. The van der Waals surface area contributed by atoms with Gasteiger partial charge in [-0.05, 0) is 28.7 Å². The Hall–Kier alpha value is -1.18. The van der Waals surface area contributed by atoms with Gasteiger partial charge < -0.3 is 0 Å². The predicted molar refractivity (Wildman–Crippen MR) is 55.5 cm³/mol. The second kappa shape index (κ2) is 2.95. The van der Waals surface area contributed by atoms with E-state index in [2.05, 4.69) is 10.2 Å². The first kappa shape index (κ1) is 8.42. The van der Waals surface area contributed by atoms with Crippen LogP contribution in [0.5, 0.6) is 0 Å². The second-order valence-corrected chi connectivity index (χ2v) is 3.76. The van der Waals surface area contributed by atoms with Gasteiger partial charge in [0.05, 0.1) is 22.0 Å². The van der Waals surface area contributed by atoms with E-state index >= 15 is 0 Å². The van der Waals surface area contributed by atoms with Gasteiger partial charge in [0.2, 0.25) is 0 Å². The van der Waals surface area contributed by atoms with Crippen molar-refractivity contribution in [1.29, 1.82) is 0 Å². The van der Waals surface area contributed by atoms with Crippen LogP contribution in [0.3, 0.4) is 0 Å². The fourth-order valence-corrected chi connectivity index (χ4v) is 1.76. The van der Waals surface area contributed by atoms with Gasteiger partial charge in [-0.3, -0.25) is 15.2 Å². The van der Waals surface area contributed by atoms with E-state index in [-0.39, 0.29) is 5.69 Å². The van der Waals surface area contributed by atoms with E-state index in [1.165, 1.54) is 12.3 Å². The average Bonchev–Trinajstić information content (AvgIpc) is 2.49. The molecule has 0 aliphatic carbocycles. The van der Waals surface area contributed by atoms with Crippen molar-refractivity contribution >= 4 is 39.2 Å². The topological polar surface area (TPSA) is 71.8 Å². The summed E-state index contributed by atoms with van der Waals surface area (Å²) in [5.74, 6) is 0. The molecule has 6 heteroatoms. The minimum atomic E-state index is -0.403. The molecule has 66 valence electrons. The van der Waals surface area contributed by atoms with Gasteiger partial charge in [0.15, 0.2) is 0 Å². The van der Waals surface area contributed by atoms with Crippen molar-refractivity contribution in [1.82, 2.24) is 10.2 Å². The SMILES string of the molecule is O=[N+]([O-])c1cc(I)cc2[nH]ncc12. The second-order valence-electron chi connectivity index (χ2n) is 2.51. The number of fused-ring (bicyclic) bond motifs is 1. The van der Waals surface area contributed by atoms with E-state index in [1.54, 1.807) is 0 Å². The van der Waals surface area contributed by atoms with Crippen LogP contribution in [0.15, 0.2) is 18.3 Å². The lowest BCUT2D eigenvalue weighted by Crippen LogP contribution is -1.89. The zero-order valence-corrected chi connectivity index (χ0v) is 8.48. The Balaban J connectivity index is 2.84. The van der Waals surface area contributed by atoms with Crippen molar-refractivity contribution in [2.45, 2.75) is 0 Å². The highest BCUT2D eigenvalue weighted by atomic mass is 127. The summed E-state index contributed by atoms with van der Waals surface area (Å²) < 4.78 is 0.820. The van der Waals surface area contributed by atoms with Crippen molar-refractivity contribution in [2.75, 3.05) is 0 Å². The normalized spacial score (nSPS) is 10.5. The zero-order chi connectivity index (χ0) is 9.42. The maximum absolute atomic E-state index is 10.6. The van der Waals surface area contributed by atoms with E-state index in [9.17, 15) is 10.1 Å². The smallest absolute Gasteiger partial charge is 0.278 e. The lowest BCUT2D eigenvalue weighted by molar-refractivity contribution is -0.383. The summed E-state index contributed by atoms with van der Waals surface area (Å²) in [6, 6.07) is 3.34. The third-order valence-electron chi connectivity index (χ3n) is 1.70. The van der Waals surface area contributed by atoms with Crippen LogP contribution in [0.25, 0.3) is 10.9 Å². The molecule has 0 fully saturated rings. The molecule has 0 amide bonds. The molecule has 0 saturated carbocycles. The summed E-state index contributed by atoms with van der Waals surface area (Å²) >= 11 is 2.03. The number of nitrogens with zero attached hydrogens (tertiary/aromatic N) is 2. The Kier molecular flexibility index (Phi) is 1.91. The summed E-state index contributed by atoms with van der Waals surface area (Å²) in [6.45, 7) is 0. The Labute approximate surface area is 86.4 Å². The quantitative estimate of drug-likeness (QED) is 0.496. The number of benzene rings is 1. The number of nitro groups is 1. The molecule has 5 nitrogen and oxygen atoms in total. The van der Waals surface area contributed by atoms with E-state index in [1.807, 2.05) is 28.7 Å². The van der Waals surface area contributed by atoms with Gasteiger partial charge in [-0.1, -0.05) is 0 Å². The highest BCUT2D eigenvalue weighted by Gasteiger charge is 2.13. The molecule has 0 spiro atoms. The Morgan fingerprint density at radius 3 is 3.00 bits per heavy atom. The van der Waals surface area contributed by atoms with Gasteiger partial charge in [0.25, 0.3) is 5.69 Å². The number of H-pyrrole nitrogens is 1. The van der Waals surface area contributed by atoms with Crippen LogP contribution in [0.2, 0.25) is 0 Å². The molecule has 1 aromatic heterocycles. The number of aromatic amines is 1. The maximum Gasteiger partial charge on any atom is 0.281 e. The summed E-state index contributed by atoms with van der Waals surface area (Å²) in [6.07, 6.45) is 1.46. The minimum absolute atomic E-state index is 0.0932. The van der Waals surface area contributed by atoms with Crippen LogP contribution in [0, 0.1) is 13.7 Å². The van der Waals surface area contributed by atoms with Gasteiger partial charge in [-0.15, -0.1) is 0 Å². The zero-order valence-electron chi connectivity index (χ0n) is 6.32. The Bertz CT molecular complexity index is 480. The highest BCUT2D eigenvalue weighted by molar-refractivity contribution is 14.1.